The average molecular weight is 279 g/mol. The first-order valence-corrected chi connectivity index (χ1v) is 8.04. The smallest absolute Gasteiger partial charge is 0.140 e. The normalized spacial score (nSPS) is 24.7. The summed E-state index contributed by atoms with van der Waals surface area (Å²) in [4.78, 5) is 0. The monoisotopic (exact) mass is 279 g/mol. The number of nitriles is 1. The molecule has 1 fully saturated rings. The molecule has 0 radical (unpaired) electrons. The van der Waals surface area contributed by atoms with Crippen LogP contribution in [-0.2, 0) is 16.6 Å². The van der Waals surface area contributed by atoms with Gasteiger partial charge in [0.05, 0.1) is 5.56 Å². The number of hydrogen-bond acceptors (Lipinski definition) is 2. The number of hydrogen-bond donors (Lipinski definition) is 0. The third-order valence-electron chi connectivity index (χ3n) is 3.72. The molecule has 1 saturated carbocycles. The van der Waals surface area contributed by atoms with Gasteiger partial charge in [0.15, 0.2) is 0 Å². The summed E-state index contributed by atoms with van der Waals surface area (Å²) in [6.07, 6.45) is 4.40. The Morgan fingerprint density at radius 1 is 1.47 bits per heavy atom. The summed E-state index contributed by atoms with van der Waals surface area (Å²) < 4.78 is 25.5. The fraction of sp³-hybridized carbons (Fsp3) is 0.533. The molecule has 0 bridgehead atoms. The first-order valence-electron chi connectivity index (χ1n) is 6.66. The lowest BCUT2D eigenvalue weighted by atomic mass is 9.91. The van der Waals surface area contributed by atoms with Crippen LogP contribution in [0.5, 0.6) is 0 Å². The van der Waals surface area contributed by atoms with Crippen molar-refractivity contribution in [1.82, 2.24) is 0 Å². The van der Waals surface area contributed by atoms with E-state index in [-0.39, 0.29) is 10.8 Å². The minimum atomic E-state index is -0.927. The van der Waals surface area contributed by atoms with Gasteiger partial charge in [-0.2, -0.15) is 5.26 Å². The van der Waals surface area contributed by atoms with E-state index in [1.807, 2.05) is 6.07 Å². The third-order valence-corrected chi connectivity index (χ3v) is 5.51. The first-order chi connectivity index (χ1) is 9.10. The van der Waals surface area contributed by atoms with Crippen molar-refractivity contribution < 1.29 is 8.60 Å². The van der Waals surface area contributed by atoms with E-state index in [0.717, 1.165) is 24.8 Å². The van der Waals surface area contributed by atoms with Gasteiger partial charge in [-0.1, -0.05) is 25.8 Å². The maximum Gasteiger partial charge on any atom is 0.140 e. The molecular formula is C15H18FNOS. The van der Waals surface area contributed by atoms with Gasteiger partial charge in [-0.05, 0) is 36.5 Å². The Labute approximate surface area is 116 Å². The number of halogens is 1. The molecule has 1 aromatic rings. The van der Waals surface area contributed by atoms with E-state index in [9.17, 15) is 8.60 Å². The molecule has 0 spiro atoms. The average Bonchev–Trinajstić information content (AvgIpc) is 2.41. The lowest BCUT2D eigenvalue weighted by molar-refractivity contribution is 0.389. The van der Waals surface area contributed by atoms with Crippen molar-refractivity contribution in [3.63, 3.8) is 0 Å². The Hall–Kier alpha value is -1.21. The molecule has 102 valence electrons. The van der Waals surface area contributed by atoms with Crippen LogP contribution in [0, 0.1) is 23.1 Å². The van der Waals surface area contributed by atoms with Crippen molar-refractivity contribution in [2.24, 2.45) is 5.92 Å². The molecule has 1 aromatic carbocycles. The summed E-state index contributed by atoms with van der Waals surface area (Å²) in [5.74, 6) is 0.556. The second-order valence-corrected chi connectivity index (χ2v) is 7.06. The van der Waals surface area contributed by atoms with Gasteiger partial charge in [-0.25, -0.2) is 4.39 Å². The zero-order valence-electron chi connectivity index (χ0n) is 11.1. The summed E-state index contributed by atoms with van der Waals surface area (Å²) in [5.41, 5.74) is 0.820. The molecule has 1 aliphatic carbocycles. The van der Waals surface area contributed by atoms with E-state index in [2.05, 4.69) is 6.92 Å². The van der Waals surface area contributed by atoms with Gasteiger partial charge < -0.3 is 0 Å². The van der Waals surface area contributed by atoms with Gasteiger partial charge in [0, 0.05) is 21.8 Å². The Bertz CT molecular complexity index is 523. The van der Waals surface area contributed by atoms with Crippen molar-refractivity contribution >= 4 is 10.8 Å². The zero-order valence-corrected chi connectivity index (χ0v) is 11.9. The summed E-state index contributed by atoms with van der Waals surface area (Å²) in [6, 6.07) is 6.25. The highest BCUT2D eigenvalue weighted by molar-refractivity contribution is 7.84. The Morgan fingerprint density at radius 2 is 2.26 bits per heavy atom. The molecule has 0 N–H and O–H groups in total. The topological polar surface area (TPSA) is 40.9 Å². The lowest BCUT2D eigenvalue weighted by Crippen LogP contribution is -2.24. The second kappa shape index (κ2) is 6.29. The van der Waals surface area contributed by atoms with Crippen LogP contribution < -0.4 is 0 Å². The summed E-state index contributed by atoms with van der Waals surface area (Å²) in [6.45, 7) is 2.20. The molecule has 3 atom stereocenters. The largest absolute Gasteiger partial charge is 0.259 e. The number of rotatable bonds is 3. The standard InChI is InChI=1S/C15H18FNOS/c1-11-3-2-4-14(7-11)19(18)10-12-5-6-15(16)13(8-12)9-17/h5-6,8,11,14H,2-4,7,10H2,1H3. The van der Waals surface area contributed by atoms with Crippen LogP contribution in [0.15, 0.2) is 18.2 Å². The van der Waals surface area contributed by atoms with Gasteiger partial charge in [-0.3, -0.25) is 4.21 Å². The van der Waals surface area contributed by atoms with Crippen LogP contribution in [0.1, 0.15) is 43.7 Å². The highest BCUT2D eigenvalue weighted by atomic mass is 32.2. The van der Waals surface area contributed by atoms with Crippen molar-refractivity contribution in [3.05, 3.63) is 35.1 Å². The number of nitrogens with zero attached hydrogens (tertiary/aromatic N) is 1. The summed E-state index contributed by atoms with van der Waals surface area (Å²) >= 11 is 0. The van der Waals surface area contributed by atoms with E-state index >= 15 is 0 Å². The van der Waals surface area contributed by atoms with E-state index in [0.29, 0.717) is 11.7 Å². The molecule has 1 aliphatic rings. The molecule has 0 aromatic heterocycles. The van der Waals surface area contributed by atoms with Crippen LogP contribution in [0.3, 0.4) is 0 Å². The molecule has 2 nitrogen and oxygen atoms in total. The predicted molar refractivity (Wildman–Crippen MR) is 74.4 cm³/mol. The second-order valence-electron chi connectivity index (χ2n) is 5.34. The van der Waals surface area contributed by atoms with Crippen molar-refractivity contribution in [2.45, 2.75) is 43.6 Å². The molecule has 2 rings (SSSR count). The van der Waals surface area contributed by atoms with E-state index < -0.39 is 16.6 Å². The van der Waals surface area contributed by atoms with Gasteiger partial charge >= 0.3 is 0 Å². The van der Waals surface area contributed by atoms with Gasteiger partial charge in [0.2, 0.25) is 0 Å². The van der Waals surface area contributed by atoms with E-state index in [1.54, 1.807) is 6.07 Å². The van der Waals surface area contributed by atoms with Gasteiger partial charge in [0.1, 0.15) is 11.9 Å². The lowest BCUT2D eigenvalue weighted by Gasteiger charge is -2.26. The van der Waals surface area contributed by atoms with E-state index in [4.69, 9.17) is 5.26 Å². The van der Waals surface area contributed by atoms with Gasteiger partial charge in [0.25, 0.3) is 0 Å². The van der Waals surface area contributed by atoms with Crippen LogP contribution in [0.4, 0.5) is 4.39 Å². The SMILES string of the molecule is CC1CCCC(S(=O)Cc2ccc(F)c(C#N)c2)C1. The third kappa shape index (κ3) is 3.63. The maximum atomic E-state index is 13.2. The van der Waals surface area contributed by atoms with Crippen molar-refractivity contribution in [1.29, 1.82) is 5.26 Å². The molecule has 0 amide bonds. The molecule has 0 heterocycles. The highest BCUT2D eigenvalue weighted by Gasteiger charge is 2.24. The van der Waals surface area contributed by atoms with E-state index in [1.165, 1.54) is 18.6 Å². The summed E-state index contributed by atoms with van der Waals surface area (Å²) in [5, 5.41) is 9.04. The van der Waals surface area contributed by atoms with Gasteiger partial charge in [-0.15, -0.1) is 0 Å². The Balaban J connectivity index is 2.04. The fourth-order valence-electron chi connectivity index (χ4n) is 2.65. The van der Waals surface area contributed by atoms with Crippen molar-refractivity contribution in [3.8, 4) is 6.07 Å². The van der Waals surface area contributed by atoms with Crippen LogP contribution in [0.25, 0.3) is 0 Å². The van der Waals surface area contributed by atoms with Crippen LogP contribution in [0.2, 0.25) is 0 Å². The molecule has 0 saturated heterocycles. The minimum Gasteiger partial charge on any atom is -0.259 e. The minimum absolute atomic E-state index is 0.0338. The molecule has 4 heteroatoms. The number of benzene rings is 1. The maximum absolute atomic E-state index is 13.2. The molecule has 19 heavy (non-hydrogen) atoms. The molecule has 3 unspecified atom stereocenters. The highest BCUT2D eigenvalue weighted by Crippen LogP contribution is 2.28. The van der Waals surface area contributed by atoms with Crippen LogP contribution in [-0.4, -0.2) is 9.46 Å². The fourth-order valence-corrected chi connectivity index (χ4v) is 4.36. The molecule has 0 aliphatic heterocycles. The van der Waals surface area contributed by atoms with Crippen molar-refractivity contribution in [2.75, 3.05) is 0 Å². The van der Waals surface area contributed by atoms with Crippen LogP contribution >= 0.6 is 0 Å². The quantitative estimate of drug-likeness (QED) is 0.849. The Kier molecular flexibility index (Phi) is 4.71. The zero-order chi connectivity index (χ0) is 13.8. The Morgan fingerprint density at radius 3 is 2.95 bits per heavy atom. The molecular weight excluding hydrogens is 261 g/mol. The summed E-state index contributed by atoms with van der Waals surface area (Å²) in [7, 11) is -0.927. The predicted octanol–water partition coefficient (Wildman–Crippen LogP) is 3.52. The first kappa shape index (κ1) is 14.2.